The average molecular weight is 342 g/mol. The number of anilines is 1. The summed E-state index contributed by atoms with van der Waals surface area (Å²) in [5.74, 6) is 0.495. The number of ether oxygens (including phenoxy) is 1. The molecule has 0 unspecified atom stereocenters. The van der Waals surface area contributed by atoms with Crippen molar-refractivity contribution >= 4 is 11.6 Å². The van der Waals surface area contributed by atoms with Crippen LogP contribution in [0.4, 0.5) is 5.69 Å². The van der Waals surface area contributed by atoms with Crippen molar-refractivity contribution in [3.63, 3.8) is 0 Å². The highest BCUT2D eigenvalue weighted by molar-refractivity contribution is 5.97. The van der Waals surface area contributed by atoms with Crippen LogP contribution in [0.1, 0.15) is 30.1 Å². The highest BCUT2D eigenvalue weighted by Gasteiger charge is 2.22. The number of nitrogens with one attached hydrogen (secondary N) is 2. The highest BCUT2D eigenvalue weighted by atomic mass is 16.5. The van der Waals surface area contributed by atoms with E-state index in [0.717, 1.165) is 31.6 Å². The number of nitrogens with zero attached hydrogens (tertiary/aromatic N) is 2. The molecule has 1 aromatic carbocycles. The molecule has 1 aliphatic heterocycles. The zero-order valence-electron chi connectivity index (χ0n) is 14.2. The van der Waals surface area contributed by atoms with Gasteiger partial charge in [0.25, 0.3) is 11.5 Å². The van der Waals surface area contributed by atoms with Gasteiger partial charge < -0.3 is 15.0 Å². The molecule has 3 rings (SSSR count). The summed E-state index contributed by atoms with van der Waals surface area (Å²) in [5.41, 5.74) is 1.17. The quantitative estimate of drug-likeness (QED) is 0.861. The molecule has 2 aromatic rings. The number of para-hydroxylation sites is 1. The number of piperidine rings is 1. The minimum Gasteiger partial charge on any atom is -0.493 e. The van der Waals surface area contributed by atoms with Crippen LogP contribution >= 0.6 is 0 Å². The van der Waals surface area contributed by atoms with Crippen LogP contribution in [0.25, 0.3) is 0 Å². The Morgan fingerprint density at radius 3 is 2.84 bits per heavy atom. The summed E-state index contributed by atoms with van der Waals surface area (Å²) in [6.45, 7) is 3.95. The number of benzene rings is 1. The maximum Gasteiger partial charge on any atom is 0.266 e. The molecule has 0 spiro atoms. The molecule has 0 bridgehead atoms. The summed E-state index contributed by atoms with van der Waals surface area (Å²) in [7, 11) is 0. The lowest BCUT2D eigenvalue weighted by molar-refractivity contribution is 0.0927. The first-order valence-electron chi connectivity index (χ1n) is 8.49. The summed E-state index contributed by atoms with van der Waals surface area (Å²) in [5, 5.41) is 9.30. The summed E-state index contributed by atoms with van der Waals surface area (Å²) in [6.07, 6.45) is 3.28. The summed E-state index contributed by atoms with van der Waals surface area (Å²) < 4.78 is 5.52. The molecule has 7 nitrogen and oxygen atoms in total. The van der Waals surface area contributed by atoms with Crippen molar-refractivity contribution in [3.8, 4) is 5.75 Å². The van der Waals surface area contributed by atoms with Gasteiger partial charge in [-0.05, 0) is 31.9 Å². The molecular formula is C18H22N4O3. The fraction of sp³-hybridized carbons (Fsp3) is 0.389. The van der Waals surface area contributed by atoms with Gasteiger partial charge in [0.05, 0.1) is 24.1 Å². The molecule has 1 aliphatic rings. The van der Waals surface area contributed by atoms with Crippen LogP contribution in [0.5, 0.6) is 5.75 Å². The van der Waals surface area contributed by atoms with Gasteiger partial charge in [0, 0.05) is 25.2 Å². The number of hydrogen-bond acceptors (Lipinski definition) is 5. The van der Waals surface area contributed by atoms with E-state index in [0.29, 0.717) is 17.9 Å². The molecule has 2 N–H and O–H groups in total. The Morgan fingerprint density at radius 1 is 1.36 bits per heavy atom. The Hall–Kier alpha value is -2.83. The second-order valence-electron chi connectivity index (χ2n) is 5.97. The van der Waals surface area contributed by atoms with Gasteiger partial charge in [-0.15, -0.1) is 0 Å². The molecule has 1 saturated heterocycles. The number of hydrogen-bond donors (Lipinski definition) is 2. The van der Waals surface area contributed by atoms with Gasteiger partial charge >= 0.3 is 0 Å². The SMILES string of the molecule is CCOc1ccccc1C(=O)NC1CCN(c2cn[nH]c(=O)c2)CC1. The van der Waals surface area contributed by atoms with E-state index in [9.17, 15) is 9.59 Å². The van der Waals surface area contributed by atoms with Crippen LogP contribution in [0.3, 0.4) is 0 Å². The van der Waals surface area contributed by atoms with Crippen LogP contribution < -0.4 is 20.5 Å². The van der Waals surface area contributed by atoms with Crippen LogP contribution in [0.2, 0.25) is 0 Å². The number of H-pyrrole nitrogens is 1. The molecule has 0 atom stereocenters. The third-order valence-corrected chi connectivity index (χ3v) is 4.28. The maximum atomic E-state index is 12.5. The van der Waals surface area contributed by atoms with E-state index in [1.54, 1.807) is 24.4 Å². The highest BCUT2D eigenvalue weighted by Crippen LogP contribution is 2.20. The number of carbonyl (C=O) groups excluding carboxylic acids is 1. The lowest BCUT2D eigenvalue weighted by Crippen LogP contribution is -2.45. The fourth-order valence-corrected chi connectivity index (χ4v) is 3.02. The zero-order valence-corrected chi connectivity index (χ0v) is 14.2. The molecule has 0 saturated carbocycles. The molecule has 1 fully saturated rings. The first kappa shape index (κ1) is 17.0. The van der Waals surface area contributed by atoms with E-state index < -0.39 is 0 Å². The van der Waals surface area contributed by atoms with Gasteiger partial charge in [0.2, 0.25) is 0 Å². The van der Waals surface area contributed by atoms with Crippen molar-refractivity contribution in [2.45, 2.75) is 25.8 Å². The minimum atomic E-state index is -0.208. The van der Waals surface area contributed by atoms with E-state index in [1.165, 1.54) is 0 Å². The molecule has 132 valence electrons. The van der Waals surface area contributed by atoms with Gasteiger partial charge in [0.1, 0.15) is 5.75 Å². The Kier molecular flexibility index (Phi) is 5.33. The molecular weight excluding hydrogens is 320 g/mol. The van der Waals surface area contributed by atoms with E-state index in [1.807, 2.05) is 19.1 Å². The monoisotopic (exact) mass is 342 g/mol. The Bertz CT molecular complexity index is 782. The topological polar surface area (TPSA) is 87.3 Å². The number of amides is 1. The van der Waals surface area contributed by atoms with Crippen LogP contribution in [0.15, 0.2) is 41.3 Å². The summed E-state index contributed by atoms with van der Waals surface area (Å²) in [6, 6.07) is 8.92. The summed E-state index contributed by atoms with van der Waals surface area (Å²) >= 11 is 0. The van der Waals surface area contributed by atoms with Gasteiger partial charge in [-0.25, -0.2) is 5.10 Å². The van der Waals surface area contributed by atoms with Gasteiger partial charge in [0.15, 0.2) is 0 Å². The third-order valence-electron chi connectivity index (χ3n) is 4.28. The lowest BCUT2D eigenvalue weighted by atomic mass is 10.0. The van der Waals surface area contributed by atoms with Crippen LogP contribution in [0, 0.1) is 0 Å². The normalized spacial score (nSPS) is 15.0. The molecule has 0 aliphatic carbocycles. The molecule has 0 radical (unpaired) electrons. The predicted octanol–water partition coefficient (Wildman–Crippen LogP) is 1.57. The van der Waals surface area contributed by atoms with Gasteiger partial charge in [-0.3, -0.25) is 9.59 Å². The maximum absolute atomic E-state index is 12.5. The van der Waals surface area contributed by atoms with Crippen LogP contribution in [-0.2, 0) is 0 Å². The second kappa shape index (κ2) is 7.83. The molecule has 7 heteroatoms. The zero-order chi connectivity index (χ0) is 17.6. The second-order valence-corrected chi connectivity index (χ2v) is 5.97. The average Bonchev–Trinajstić information content (AvgIpc) is 2.63. The van der Waals surface area contributed by atoms with Crippen molar-refractivity contribution < 1.29 is 9.53 Å². The molecule has 25 heavy (non-hydrogen) atoms. The molecule has 2 heterocycles. The predicted molar refractivity (Wildman–Crippen MR) is 95.2 cm³/mol. The lowest BCUT2D eigenvalue weighted by Gasteiger charge is -2.33. The third kappa shape index (κ3) is 4.17. The van der Waals surface area contributed by atoms with E-state index in [-0.39, 0.29) is 17.5 Å². The van der Waals surface area contributed by atoms with Crippen molar-refractivity contribution in [2.24, 2.45) is 0 Å². The standard InChI is InChI=1S/C18H22N4O3/c1-2-25-16-6-4-3-5-15(16)18(24)20-13-7-9-22(10-8-13)14-11-17(23)21-19-12-14/h3-6,11-13H,2,7-10H2,1H3,(H,20,24)(H,21,23). The summed E-state index contributed by atoms with van der Waals surface area (Å²) in [4.78, 5) is 26.0. The Labute approximate surface area is 146 Å². The molecule has 1 aromatic heterocycles. The first-order chi connectivity index (χ1) is 12.2. The number of aromatic amines is 1. The van der Waals surface area contributed by atoms with Crippen molar-refractivity contribution in [2.75, 3.05) is 24.6 Å². The first-order valence-corrected chi connectivity index (χ1v) is 8.49. The van der Waals surface area contributed by atoms with Crippen molar-refractivity contribution in [1.82, 2.24) is 15.5 Å². The Morgan fingerprint density at radius 2 is 2.12 bits per heavy atom. The van der Waals surface area contributed by atoms with E-state index in [4.69, 9.17) is 4.74 Å². The Balaban J connectivity index is 1.59. The van der Waals surface area contributed by atoms with Crippen LogP contribution in [-0.4, -0.2) is 41.8 Å². The minimum absolute atomic E-state index is 0.105. The van der Waals surface area contributed by atoms with E-state index in [2.05, 4.69) is 20.4 Å². The fourth-order valence-electron chi connectivity index (χ4n) is 3.02. The largest absolute Gasteiger partial charge is 0.493 e. The number of carbonyl (C=O) groups is 1. The number of rotatable bonds is 5. The number of aromatic nitrogens is 2. The molecule has 1 amide bonds. The van der Waals surface area contributed by atoms with Gasteiger partial charge in [-0.2, -0.15) is 5.10 Å². The van der Waals surface area contributed by atoms with Gasteiger partial charge in [-0.1, -0.05) is 12.1 Å². The van der Waals surface area contributed by atoms with Crippen molar-refractivity contribution in [1.29, 1.82) is 0 Å². The van der Waals surface area contributed by atoms with E-state index >= 15 is 0 Å². The van der Waals surface area contributed by atoms with Crippen molar-refractivity contribution in [3.05, 3.63) is 52.4 Å². The smallest absolute Gasteiger partial charge is 0.266 e.